The highest BCUT2D eigenvalue weighted by molar-refractivity contribution is 5.91. The van der Waals surface area contributed by atoms with Gasteiger partial charge in [-0.3, -0.25) is 4.79 Å². The first-order chi connectivity index (χ1) is 8.40. The molecule has 0 aromatic heterocycles. The monoisotopic (exact) mass is 259 g/mol. The number of hydrogen-bond donors (Lipinski definition) is 2. The molecule has 1 aromatic rings. The lowest BCUT2D eigenvalue weighted by Gasteiger charge is -2.09. The molecule has 0 spiro atoms. The largest absolute Gasteiger partial charge is 0.479 e. The average molecular weight is 259 g/mol. The molecule has 0 saturated carbocycles. The maximum absolute atomic E-state index is 12.8. The van der Waals surface area contributed by atoms with Crippen LogP contribution in [0.25, 0.3) is 0 Å². The van der Waals surface area contributed by atoms with Crippen LogP contribution >= 0.6 is 0 Å². The van der Waals surface area contributed by atoms with E-state index in [1.54, 1.807) is 0 Å². The highest BCUT2D eigenvalue weighted by atomic mass is 19.2. The molecule has 0 aliphatic heterocycles. The predicted octanol–water partition coefficient (Wildman–Crippen LogP) is 1.39. The second kappa shape index (κ2) is 6.06. The van der Waals surface area contributed by atoms with Gasteiger partial charge in [-0.1, -0.05) is 0 Å². The maximum Gasteiger partial charge on any atom is 0.332 e. The molecule has 0 aliphatic carbocycles. The van der Waals surface area contributed by atoms with E-state index in [1.807, 2.05) is 0 Å². The Labute approximate surface area is 101 Å². The molecule has 98 valence electrons. The van der Waals surface area contributed by atoms with Crippen LogP contribution in [-0.2, 0) is 14.3 Å². The van der Waals surface area contributed by atoms with Gasteiger partial charge in [0.25, 0.3) is 0 Å². The Bertz CT molecular complexity index is 464. The smallest absolute Gasteiger partial charge is 0.332 e. The third-order valence-electron chi connectivity index (χ3n) is 2.02. The standard InChI is InChI=1S/C11H11F2NO4/c1-6(11(16)17)18-5-10(15)14-7-2-3-8(12)9(13)4-7/h2-4,6H,5H2,1H3,(H,14,15)(H,16,17)/t6-/m1/s1. The summed E-state index contributed by atoms with van der Waals surface area (Å²) in [5.41, 5.74) is 0.0606. The van der Waals surface area contributed by atoms with Gasteiger partial charge in [0.05, 0.1) is 0 Å². The van der Waals surface area contributed by atoms with Crippen molar-refractivity contribution in [2.24, 2.45) is 0 Å². The number of carboxylic acids is 1. The first-order valence-electron chi connectivity index (χ1n) is 4.99. The molecular formula is C11H11F2NO4. The Kier molecular flexibility index (Phi) is 4.73. The lowest BCUT2D eigenvalue weighted by atomic mass is 10.3. The number of aliphatic carboxylic acids is 1. The summed E-state index contributed by atoms with van der Waals surface area (Å²) >= 11 is 0. The number of benzene rings is 1. The van der Waals surface area contributed by atoms with E-state index < -0.39 is 36.2 Å². The van der Waals surface area contributed by atoms with Gasteiger partial charge in [0, 0.05) is 11.8 Å². The van der Waals surface area contributed by atoms with Crippen LogP contribution in [0.4, 0.5) is 14.5 Å². The molecule has 0 aliphatic rings. The number of carboxylic acid groups (broad SMARTS) is 1. The third-order valence-corrected chi connectivity index (χ3v) is 2.02. The van der Waals surface area contributed by atoms with Gasteiger partial charge >= 0.3 is 5.97 Å². The summed E-state index contributed by atoms with van der Waals surface area (Å²) < 4.78 is 30.1. The Morgan fingerprint density at radius 3 is 2.61 bits per heavy atom. The minimum atomic E-state index is -1.20. The van der Waals surface area contributed by atoms with Crippen molar-refractivity contribution >= 4 is 17.6 Å². The SMILES string of the molecule is C[C@@H](OCC(=O)Nc1ccc(F)c(F)c1)C(=O)O. The molecule has 2 N–H and O–H groups in total. The van der Waals surface area contributed by atoms with E-state index in [4.69, 9.17) is 9.84 Å². The summed E-state index contributed by atoms with van der Waals surface area (Å²) in [7, 11) is 0. The number of nitrogens with one attached hydrogen (secondary N) is 1. The van der Waals surface area contributed by atoms with Gasteiger partial charge in [0.1, 0.15) is 6.61 Å². The van der Waals surface area contributed by atoms with Crippen LogP contribution in [0.15, 0.2) is 18.2 Å². The first kappa shape index (κ1) is 14.0. The predicted molar refractivity (Wildman–Crippen MR) is 58.0 cm³/mol. The topological polar surface area (TPSA) is 75.6 Å². The lowest BCUT2D eigenvalue weighted by molar-refractivity contribution is -0.150. The Morgan fingerprint density at radius 1 is 1.39 bits per heavy atom. The molecule has 1 atom stereocenters. The number of rotatable bonds is 5. The van der Waals surface area contributed by atoms with Crippen molar-refractivity contribution in [1.82, 2.24) is 0 Å². The summed E-state index contributed by atoms with van der Waals surface area (Å²) in [5, 5.41) is 10.7. The van der Waals surface area contributed by atoms with Crippen LogP contribution in [0.5, 0.6) is 0 Å². The van der Waals surface area contributed by atoms with Gasteiger partial charge < -0.3 is 15.2 Å². The van der Waals surface area contributed by atoms with E-state index in [1.165, 1.54) is 13.0 Å². The van der Waals surface area contributed by atoms with Crippen LogP contribution in [0.1, 0.15) is 6.92 Å². The van der Waals surface area contributed by atoms with Crippen molar-refractivity contribution < 1.29 is 28.2 Å². The van der Waals surface area contributed by atoms with Crippen molar-refractivity contribution in [3.05, 3.63) is 29.8 Å². The fourth-order valence-corrected chi connectivity index (χ4v) is 1.04. The Morgan fingerprint density at radius 2 is 2.06 bits per heavy atom. The summed E-state index contributed by atoms with van der Waals surface area (Å²) in [6, 6.07) is 2.86. The molecule has 1 rings (SSSR count). The van der Waals surface area contributed by atoms with Crippen molar-refractivity contribution in [3.8, 4) is 0 Å². The zero-order chi connectivity index (χ0) is 13.7. The Hall–Kier alpha value is -2.02. The van der Waals surface area contributed by atoms with Crippen LogP contribution in [0.2, 0.25) is 0 Å². The third kappa shape index (κ3) is 4.10. The number of halogens is 2. The van der Waals surface area contributed by atoms with Gasteiger partial charge in [-0.05, 0) is 19.1 Å². The second-order valence-electron chi connectivity index (χ2n) is 3.47. The van der Waals surface area contributed by atoms with E-state index in [0.717, 1.165) is 12.1 Å². The summed E-state index contributed by atoms with van der Waals surface area (Å²) in [5.74, 6) is -3.97. The highest BCUT2D eigenvalue weighted by Crippen LogP contribution is 2.12. The molecule has 1 amide bonds. The molecule has 0 heterocycles. The van der Waals surface area contributed by atoms with Gasteiger partial charge in [-0.2, -0.15) is 0 Å². The number of amides is 1. The van der Waals surface area contributed by atoms with Crippen molar-refractivity contribution in [2.75, 3.05) is 11.9 Å². The molecule has 0 fully saturated rings. The zero-order valence-electron chi connectivity index (χ0n) is 9.44. The van der Waals surface area contributed by atoms with Gasteiger partial charge in [0.15, 0.2) is 17.7 Å². The van der Waals surface area contributed by atoms with Crippen molar-refractivity contribution in [2.45, 2.75) is 13.0 Å². The number of ether oxygens (including phenoxy) is 1. The minimum Gasteiger partial charge on any atom is -0.479 e. The summed E-state index contributed by atoms with van der Waals surface area (Å²) in [6.07, 6.45) is -1.12. The van der Waals surface area contributed by atoms with Crippen LogP contribution in [0.3, 0.4) is 0 Å². The lowest BCUT2D eigenvalue weighted by Crippen LogP contribution is -2.26. The molecule has 1 aromatic carbocycles. The van der Waals surface area contributed by atoms with Crippen LogP contribution < -0.4 is 5.32 Å². The van der Waals surface area contributed by atoms with E-state index in [-0.39, 0.29) is 5.69 Å². The molecule has 18 heavy (non-hydrogen) atoms. The normalized spacial score (nSPS) is 11.9. The fourth-order valence-electron chi connectivity index (χ4n) is 1.04. The Balaban J connectivity index is 2.49. The first-order valence-corrected chi connectivity index (χ1v) is 4.99. The van der Waals surface area contributed by atoms with Crippen LogP contribution in [0, 0.1) is 11.6 Å². The zero-order valence-corrected chi connectivity index (χ0v) is 9.44. The number of carbonyl (C=O) groups is 2. The number of carbonyl (C=O) groups excluding carboxylic acids is 1. The van der Waals surface area contributed by atoms with Gasteiger partial charge in [-0.25, -0.2) is 13.6 Å². The molecule has 0 saturated heterocycles. The van der Waals surface area contributed by atoms with Crippen molar-refractivity contribution in [1.29, 1.82) is 0 Å². The van der Waals surface area contributed by atoms with Crippen molar-refractivity contribution in [3.63, 3.8) is 0 Å². The second-order valence-corrected chi connectivity index (χ2v) is 3.47. The van der Waals surface area contributed by atoms with E-state index in [2.05, 4.69) is 5.32 Å². The van der Waals surface area contributed by atoms with E-state index in [9.17, 15) is 18.4 Å². The molecule has 0 radical (unpaired) electrons. The maximum atomic E-state index is 12.8. The molecule has 5 nitrogen and oxygen atoms in total. The molecular weight excluding hydrogens is 248 g/mol. The summed E-state index contributed by atoms with van der Waals surface area (Å²) in [6.45, 7) is 0.777. The molecule has 7 heteroatoms. The van der Waals surface area contributed by atoms with Gasteiger partial charge in [0.2, 0.25) is 5.91 Å². The number of hydrogen-bond acceptors (Lipinski definition) is 3. The van der Waals surface area contributed by atoms with Crippen LogP contribution in [-0.4, -0.2) is 29.7 Å². The minimum absolute atomic E-state index is 0.0606. The molecule has 0 bridgehead atoms. The highest BCUT2D eigenvalue weighted by Gasteiger charge is 2.13. The van der Waals surface area contributed by atoms with Gasteiger partial charge in [-0.15, -0.1) is 0 Å². The molecule has 0 unspecified atom stereocenters. The average Bonchev–Trinajstić information content (AvgIpc) is 2.30. The van der Waals surface area contributed by atoms with E-state index >= 15 is 0 Å². The quantitative estimate of drug-likeness (QED) is 0.837. The fraction of sp³-hybridized carbons (Fsp3) is 0.273. The van der Waals surface area contributed by atoms with E-state index in [0.29, 0.717) is 0 Å². The summed E-state index contributed by atoms with van der Waals surface area (Å²) in [4.78, 5) is 21.7. The number of anilines is 1.